The van der Waals surface area contributed by atoms with Crippen LogP contribution in [0, 0.1) is 0 Å². The summed E-state index contributed by atoms with van der Waals surface area (Å²) in [5.41, 5.74) is 0. The van der Waals surface area contributed by atoms with E-state index in [9.17, 15) is 4.57 Å². The van der Waals surface area contributed by atoms with Crippen molar-refractivity contribution in [3.8, 4) is 0 Å². The van der Waals surface area contributed by atoms with Crippen molar-refractivity contribution in [1.82, 2.24) is 0 Å². The quantitative estimate of drug-likeness (QED) is 0.585. The molecule has 3 nitrogen and oxygen atoms in total. The minimum Gasteiger partial charge on any atom is -0.324 e. The molecule has 0 aliphatic heterocycles. The highest BCUT2D eigenvalue weighted by molar-refractivity contribution is 9.24. The van der Waals surface area contributed by atoms with Gasteiger partial charge in [0.1, 0.15) is 0 Å². The molecule has 0 rings (SSSR count). The molecule has 50 valence electrons. The fourth-order valence-electron chi connectivity index (χ4n) is 0.180. The zero-order chi connectivity index (χ0) is 6.78. The zero-order valence-corrected chi connectivity index (χ0v) is 7.86. The minimum atomic E-state index is -3.82. The maximum Gasteiger partial charge on any atom is 0.327 e. The van der Waals surface area contributed by atoms with Gasteiger partial charge in [-0.25, -0.2) is 0 Å². The summed E-state index contributed by atoms with van der Waals surface area (Å²) in [6.45, 7) is 0. The van der Waals surface area contributed by atoms with Crippen LogP contribution < -0.4 is 0 Å². The van der Waals surface area contributed by atoms with Gasteiger partial charge in [-0.05, 0) is 0 Å². The molecule has 8 heavy (non-hydrogen) atoms. The van der Waals surface area contributed by atoms with Crippen molar-refractivity contribution in [2.75, 3.05) is 6.16 Å². The maximum atomic E-state index is 10.1. The topological polar surface area (TPSA) is 57.5 Å². The SMILES string of the molecule is O=P(O)(O)CC(Br)Br. The predicted molar refractivity (Wildman–Crippen MR) is 38.6 cm³/mol. The molecule has 0 bridgehead atoms. The molecule has 0 radical (unpaired) electrons. The molecule has 0 aromatic rings. The molecule has 0 amide bonds. The van der Waals surface area contributed by atoms with E-state index in [4.69, 9.17) is 9.79 Å². The molecule has 0 aromatic heterocycles. The van der Waals surface area contributed by atoms with Gasteiger partial charge in [-0.15, -0.1) is 0 Å². The van der Waals surface area contributed by atoms with Gasteiger partial charge in [0.2, 0.25) is 0 Å². The Morgan fingerprint density at radius 3 is 1.88 bits per heavy atom. The van der Waals surface area contributed by atoms with Crippen molar-refractivity contribution >= 4 is 39.5 Å². The molecule has 0 unspecified atom stereocenters. The Labute approximate surface area is 63.9 Å². The molecular formula is C2H5Br2O3P. The van der Waals surface area contributed by atoms with Crippen molar-refractivity contribution < 1.29 is 14.4 Å². The Bertz CT molecular complexity index is 108. The number of rotatable bonds is 2. The number of alkyl halides is 2. The predicted octanol–water partition coefficient (Wildman–Crippen LogP) is 1.28. The van der Waals surface area contributed by atoms with Crippen LogP contribution in [-0.2, 0) is 4.57 Å². The van der Waals surface area contributed by atoms with Crippen LogP contribution in [0.3, 0.4) is 0 Å². The van der Waals surface area contributed by atoms with Crippen LogP contribution in [0.15, 0.2) is 0 Å². The van der Waals surface area contributed by atoms with Gasteiger partial charge in [-0.3, -0.25) is 4.57 Å². The Hall–Kier alpha value is 1.11. The van der Waals surface area contributed by atoms with Crippen LogP contribution in [0.25, 0.3) is 0 Å². The summed E-state index contributed by atoms with van der Waals surface area (Å²) in [6, 6.07) is 0. The van der Waals surface area contributed by atoms with Crippen LogP contribution in [-0.4, -0.2) is 19.7 Å². The third-order valence-corrected chi connectivity index (χ3v) is 2.86. The molecule has 0 spiro atoms. The van der Waals surface area contributed by atoms with Gasteiger partial charge in [0, 0.05) is 0 Å². The summed E-state index contributed by atoms with van der Waals surface area (Å²) in [5, 5.41) is 0. The van der Waals surface area contributed by atoms with Crippen molar-refractivity contribution in [2.45, 2.75) is 3.74 Å². The summed E-state index contributed by atoms with van der Waals surface area (Å²) in [5.74, 6) is 0. The molecule has 0 aromatic carbocycles. The van der Waals surface area contributed by atoms with E-state index in [1.165, 1.54) is 0 Å². The van der Waals surface area contributed by atoms with E-state index in [0.717, 1.165) is 0 Å². The van der Waals surface area contributed by atoms with Crippen molar-refractivity contribution in [3.63, 3.8) is 0 Å². The second-order valence-corrected chi connectivity index (χ2v) is 6.37. The maximum absolute atomic E-state index is 10.1. The minimum absolute atomic E-state index is 0.174. The van der Waals surface area contributed by atoms with E-state index in [2.05, 4.69) is 31.9 Å². The van der Waals surface area contributed by atoms with Crippen molar-refractivity contribution in [1.29, 1.82) is 0 Å². The Balaban J connectivity index is 3.56. The lowest BCUT2D eigenvalue weighted by Gasteiger charge is -2.01. The van der Waals surface area contributed by atoms with E-state index >= 15 is 0 Å². The first-order valence-corrected chi connectivity index (χ1v) is 5.37. The fraction of sp³-hybridized carbons (Fsp3) is 1.00. The van der Waals surface area contributed by atoms with Gasteiger partial charge in [0.15, 0.2) is 0 Å². The van der Waals surface area contributed by atoms with E-state index in [1.807, 2.05) is 0 Å². The smallest absolute Gasteiger partial charge is 0.324 e. The van der Waals surface area contributed by atoms with Gasteiger partial charge in [0.25, 0.3) is 0 Å². The molecule has 6 heteroatoms. The third-order valence-electron chi connectivity index (χ3n) is 0.376. The van der Waals surface area contributed by atoms with Crippen LogP contribution >= 0.6 is 39.5 Å². The molecule has 0 heterocycles. The number of hydrogen-bond acceptors (Lipinski definition) is 1. The summed E-state index contributed by atoms with van der Waals surface area (Å²) in [6.07, 6.45) is -0.174. The molecule has 2 N–H and O–H groups in total. The van der Waals surface area contributed by atoms with E-state index < -0.39 is 7.60 Å². The van der Waals surface area contributed by atoms with E-state index in [0.29, 0.717) is 0 Å². The summed E-state index contributed by atoms with van der Waals surface area (Å²) in [4.78, 5) is 16.5. The molecule has 0 aliphatic carbocycles. The van der Waals surface area contributed by atoms with Crippen LogP contribution in [0.5, 0.6) is 0 Å². The largest absolute Gasteiger partial charge is 0.327 e. The second-order valence-electron chi connectivity index (χ2n) is 1.24. The lowest BCUT2D eigenvalue weighted by molar-refractivity contribution is 0.375. The Morgan fingerprint density at radius 1 is 1.50 bits per heavy atom. The molecular weight excluding hydrogens is 263 g/mol. The summed E-state index contributed by atoms with van der Waals surface area (Å²) >= 11 is 5.87. The average molecular weight is 268 g/mol. The molecule has 0 fully saturated rings. The first kappa shape index (κ1) is 9.11. The highest BCUT2D eigenvalue weighted by Crippen LogP contribution is 2.38. The normalized spacial score (nSPS) is 12.6. The average Bonchev–Trinajstić information content (AvgIpc) is 1.21. The molecule has 0 atom stereocenters. The van der Waals surface area contributed by atoms with Crippen LogP contribution in [0.2, 0.25) is 0 Å². The zero-order valence-electron chi connectivity index (χ0n) is 3.79. The first-order valence-electron chi connectivity index (χ1n) is 1.74. The van der Waals surface area contributed by atoms with Crippen LogP contribution in [0.4, 0.5) is 0 Å². The first-order chi connectivity index (χ1) is 3.42. The third kappa shape index (κ3) is 7.11. The van der Waals surface area contributed by atoms with Gasteiger partial charge in [0.05, 0.1) is 9.90 Å². The Morgan fingerprint density at radius 2 is 1.88 bits per heavy atom. The van der Waals surface area contributed by atoms with Gasteiger partial charge >= 0.3 is 7.60 Å². The van der Waals surface area contributed by atoms with Gasteiger partial charge < -0.3 is 9.79 Å². The fourth-order valence-corrected chi connectivity index (χ4v) is 2.80. The monoisotopic (exact) mass is 266 g/mol. The van der Waals surface area contributed by atoms with Crippen LogP contribution in [0.1, 0.15) is 0 Å². The molecule has 0 saturated heterocycles. The van der Waals surface area contributed by atoms with E-state index in [-0.39, 0.29) is 9.90 Å². The summed E-state index contributed by atoms with van der Waals surface area (Å²) in [7, 11) is -3.82. The standard InChI is InChI=1S/C2H5Br2O3P/c3-2(4)1-8(5,6)7/h2H,1H2,(H2,5,6,7). The number of halogens is 2. The summed E-state index contributed by atoms with van der Waals surface area (Å²) < 4.78 is 9.78. The highest BCUT2D eigenvalue weighted by atomic mass is 79.9. The van der Waals surface area contributed by atoms with E-state index in [1.54, 1.807) is 0 Å². The highest BCUT2D eigenvalue weighted by Gasteiger charge is 2.16. The lowest BCUT2D eigenvalue weighted by Crippen LogP contribution is -1.94. The van der Waals surface area contributed by atoms with Gasteiger partial charge in [-0.1, -0.05) is 31.9 Å². The van der Waals surface area contributed by atoms with Crippen molar-refractivity contribution in [3.05, 3.63) is 0 Å². The molecule has 0 saturated carbocycles. The lowest BCUT2D eigenvalue weighted by atomic mass is 11.0. The van der Waals surface area contributed by atoms with Gasteiger partial charge in [-0.2, -0.15) is 0 Å². The Kier molecular flexibility index (Phi) is 3.78. The van der Waals surface area contributed by atoms with Crippen molar-refractivity contribution in [2.24, 2.45) is 0 Å². The molecule has 0 aliphatic rings. The number of hydrogen-bond donors (Lipinski definition) is 2. The second kappa shape index (κ2) is 3.32.